The molecule has 0 radical (unpaired) electrons. The second-order valence-corrected chi connectivity index (χ2v) is 12.9. The number of aromatic nitrogens is 2. The van der Waals surface area contributed by atoms with Gasteiger partial charge in [-0.2, -0.15) is 13.2 Å². The fourth-order valence-corrected chi connectivity index (χ4v) is 7.54. The summed E-state index contributed by atoms with van der Waals surface area (Å²) in [5.74, 6) is 0.253. The number of carbonyl (C=O) groups is 2. The molecule has 1 atom stereocenters. The number of carbonyl (C=O) groups excluding carboxylic acids is 2. The number of Topliss-reactive ketones (excluding diaryl/α,β-unsaturated/α-hetero) is 1. The predicted octanol–water partition coefficient (Wildman–Crippen LogP) is 7.35. The van der Waals surface area contributed by atoms with Gasteiger partial charge < -0.3 is 14.2 Å². The molecule has 1 amide bonds. The molecule has 1 aromatic heterocycles. The van der Waals surface area contributed by atoms with Crippen LogP contribution in [-0.4, -0.2) is 45.6 Å². The zero-order valence-electron chi connectivity index (χ0n) is 25.1. The molecular weight excluding hydrogens is 579 g/mol. The van der Waals surface area contributed by atoms with Crippen molar-refractivity contribution < 1.29 is 27.5 Å². The number of rotatable bonds is 7. The first-order chi connectivity index (χ1) is 21.7. The van der Waals surface area contributed by atoms with Crippen LogP contribution in [0, 0.1) is 5.41 Å². The van der Waals surface area contributed by atoms with Gasteiger partial charge in [0.25, 0.3) is 0 Å². The number of aryl methyl sites for hydroxylation is 1. The molecule has 0 N–H and O–H groups in total. The van der Waals surface area contributed by atoms with Gasteiger partial charge >= 0.3 is 12.3 Å². The highest BCUT2D eigenvalue weighted by Crippen LogP contribution is 2.47. The van der Waals surface area contributed by atoms with E-state index in [0.717, 1.165) is 64.5 Å². The monoisotopic (exact) mass is 615 g/mol. The molecule has 0 bridgehead atoms. The SMILES string of the molecule is O=C(OCc1ccccc1)N1CC2(Cc3cc4ccccc4cc3C(Cc3nc4c(n3CCCC(F)(F)F)CCCC4)C2=O)C1. The number of imidazole rings is 1. The summed E-state index contributed by atoms with van der Waals surface area (Å²) in [7, 11) is 0. The van der Waals surface area contributed by atoms with E-state index in [1.807, 2.05) is 53.1 Å². The minimum Gasteiger partial charge on any atom is -0.445 e. The number of hydrogen-bond donors (Lipinski definition) is 0. The lowest BCUT2D eigenvalue weighted by atomic mass is 9.61. The first-order valence-corrected chi connectivity index (χ1v) is 15.8. The Morgan fingerprint density at radius 2 is 1.69 bits per heavy atom. The van der Waals surface area contributed by atoms with Crippen molar-refractivity contribution in [2.24, 2.45) is 5.41 Å². The van der Waals surface area contributed by atoms with Gasteiger partial charge in [0.1, 0.15) is 12.4 Å². The van der Waals surface area contributed by atoms with Crippen LogP contribution in [0.5, 0.6) is 0 Å². The Kier molecular flexibility index (Phi) is 7.66. The number of ketones is 1. The Hall–Kier alpha value is -4.14. The van der Waals surface area contributed by atoms with E-state index in [2.05, 4.69) is 18.2 Å². The third-order valence-electron chi connectivity index (χ3n) is 9.74. The number of fused-ring (bicyclic) bond motifs is 3. The van der Waals surface area contributed by atoms with Gasteiger partial charge in [0.15, 0.2) is 5.78 Å². The van der Waals surface area contributed by atoms with E-state index in [1.54, 1.807) is 4.90 Å². The zero-order valence-corrected chi connectivity index (χ0v) is 25.1. The summed E-state index contributed by atoms with van der Waals surface area (Å²) in [5.41, 5.74) is 4.16. The second kappa shape index (κ2) is 11.7. The summed E-state index contributed by atoms with van der Waals surface area (Å²) in [6, 6.07) is 21.8. The number of alkyl halides is 3. The molecule has 3 aliphatic rings. The van der Waals surface area contributed by atoms with E-state index in [4.69, 9.17) is 9.72 Å². The van der Waals surface area contributed by atoms with Crippen LogP contribution in [0.2, 0.25) is 0 Å². The van der Waals surface area contributed by atoms with Crippen LogP contribution in [0.4, 0.5) is 18.0 Å². The van der Waals surface area contributed by atoms with Gasteiger partial charge in [0, 0.05) is 38.2 Å². The van der Waals surface area contributed by atoms with E-state index < -0.39 is 30.0 Å². The number of hydrogen-bond acceptors (Lipinski definition) is 4. The lowest BCUT2D eigenvalue weighted by Crippen LogP contribution is -2.65. The molecule has 1 spiro atoms. The third kappa shape index (κ3) is 5.85. The molecule has 2 heterocycles. The van der Waals surface area contributed by atoms with Crippen molar-refractivity contribution in [1.82, 2.24) is 14.5 Å². The Morgan fingerprint density at radius 1 is 0.978 bits per heavy atom. The molecule has 2 aliphatic carbocycles. The van der Waals surface area contributed by atoms with Crippen molar-refractivity contribution in [1.29, 1.82) is 0 Å². The Morgan fingerprint density at radius 3 is 2.44 bits per heavy atom. The molecule has 45 heavy (non-hydrogen) atoms. The van der Waals surface area contributed by atoms with Crippen molar-refractivity contribution >= 4 is 22.6 Å². The highest BCUT2D eigenvalue weighted by atomic mass is 19.4. The van der Waals surface area contributed by atoms with Crippen LogP contribution in [0.1, 0.15) is 65.5 Å². The van der Waals surface area contributed by atoms with Crippen LogP contribution in [0.15, 0.2) is 66.7 Å². The smallest absolute Gasteiger partial charge is 0.410 e. The van der Waals surface area contributed by atoms with Gasteiger partial charge in [-0.25, -0.2) is 9.78 Å². The number of benzene rings is 3. The normalized spacial score (nSPS) is 18.9. The fraction of sp³-hybridized carbons (Fsp3) is 0.417. The number of amides is 1. The van der Waals surface area contributed by atoms with Crippen molar-refractivity contribution in [3.63, 3.8) is 0 Å². The average Bonchev–Trinajstić information content (AvgIpc) is 3.36. The molecule has 1 aliphatic heterocycles. The van der Waals surface area contributed by atoms with Crippen molar-refractivity contribution in [2.45, 2.75) is 76.6 Å². The van der Waals surface area contributed by atoms with E-state index in [9.17, 15) is 22.8 Å². The van der Waals surface area contributed by atoms with E-state index in [1.165, 1.54) is 0 Å². The Labute approximate surface area is 260 Å². The molecule has 0 saturated carbocycles. The van der Waals surface area contributed by atoms with Crippen molar-refractivity contribution in [2.75, 3.05) is 13.1 Å². The van der Waals surface area contributed by atoms with E-state index >= 15 is 0 Å². The maximum absolute atomic E-state index is 14.5. The summed E-state index contributed by atoms with van der Waals surface area (Å²) in [6.07, 6.45) is -1.10. The molecule has 9 heteroatoms. The summed E-state index contributed by atoms with van der Waals surface area (Å²) in [4.78, 5) is 34.0. The van der Waals surface area contributed by atoms with Gasteiger partial charge in [0.05, 0.1) is 17.0 Å². The summed E-state index contributed by atoms with van der Waals surface area (Å²) in [6.45, 7) is 0.947. The molecule has 1 unspecified atom stereocenters. The van der Waals surface area contributed by atoms with Gasteiger partial charge in [0.2, 0.25) is 0 Å². The van der Waals surface area contributed by atoms with E-state index in [0.29, 0.717) is 18.7 Å². The minimum atomic E-state index is -4.22. The molecule has 1 fully saturated rings. The molecule has 6 nitrogen and oxygen atoms in total. The van der Waals surface area contributed by atoms with Crippen LogP contribution in [0.3, 0.4) is 0 Å². The highest BCUT2D eigenvalue weighted by Gasteiger charge is 2.56. The number of ether oxygens (including phenoxy) is 1. The van der Waals surface area contributed by atoms with Crippen LogP contribution < -0.4 is 0 Å². The maximum Gasteiger partial charge on any atom is 0.410 e. The average molecular weight is 616 g/mol. The van der Waals surface area contributed by atoms with Crippen molar-refractivity contribution in [3.8, 4) is 0 Å². The largest absolute Gasteiger partial charge is 0.445 e. The maximum atomic E-state index is 14.5. The topological polar surface area (TPSA) is 64.4 Å². The predicted molar refractivity (Wildman–Crippen MR) is 164 cm³/mol. The fourth-order valence-electron chi connectivity index (χ4n) is 7.54. The number of likely N-dealkylation sites (tertiary alicyclic amines) is 1. The van der Waals surface area contributed by atoms with Crippen LogP contribution in [-0.2, 0) is 48.4 Å². The first kappa shape index (κ1) is 29.6. The molecule has 4 aromatic rings. The van der Waals surface area contributed by atoms with Crippen molar-refractivity contribution in [3.05, 3.63) is 101 Å². The van der Waals surface area contributed by atoms with Crippen LogP contribution >= 0.6 is 0 Å². The summed E-state index contributed by atoms with van der Waals surface area (Å²) >= 11 is 0. The molecule has 1 saturated heterocycles. The summed E-state index contributed by atoms with van der Waals surface area (Å²) < 4.78 is 46.8. The van der Waals surface area contributed by atoms with Crippen LogP contribution in [0.25, 0.3) is 10.8 Å². The summed E-state index contributed by atoms with van der Waals surface area (Å²) in [5, 5.41) is 2.12. The standard InChI is InChI=1S/C36H36F3N3O3/c37-36(38,39)15-8-16-42-31-14-7-6-13-30(31)40-32(42)19-29-28-18-26-12-5-4-11-25(26)17-27(28)20-35(33(29)43)22-41(23-35)34(44)45-21-24-9-2-1-3-10-24/h1-5,9-12,17-18,29H,6-8,13-16,19-23H2. The second-order valence-electron chi connectivity index (χ2n) is 12.9. The number of halogens is 3. The van der Waals surface area contributed by atoms with Gasteiger partial charge in [-0.1, -0.05) is 66.7 Å². The lowest BCUT2D eigenvalue weighted by Gasteiger charge is -2.52. The molecule has 3 aromatic carbocycles. The molecule has 234 valence electrons. The molecular formula is C36H36F3N3O3. The lowest BCUT2D eigenvalue weighted by molar-refractivity contribution is -0.140. The molecule has 7 rings (SSSR count). The highest BCUT2D eigenvalue weighted by molar-refractivity contribution is 5.98. The minimum absolute atomic E-state index is 0.0247. The Balaban J connectivity index is 1.18. The van der Waals surface area contributed by atoms with E-state index in [-0.39, 0.29) is 38.4 Å². The van der Waals surface area contributed by atoms with Gasteiger partial charge in [-0.3, -0.25) is 4.79 Å². The third-order valence-corrected chi connectivity index (χ3v) is 9.74. The zero-order chi connectivity index (χ0) is 31.2. The van der Waals surface area contributed by atoms with Gasteiger partial charge in [-0.05, 0) is 66.0 Å². The quantitative estimate of drug-likeness (QED) is 0.218. The first-order valence-electron chi connectivity index (χ1n) is 15.8. The Bertz CT molecular complexity index is 1740. The van der Waals surface area contributed by atoms with Gasteiger partial charge in [-0.15, -0.1) is 0 Å². The number of nitrogens with zero attached hydrogens (tertiary/aromatic N) is 3.